The van der Waals surface area contributed by atoms with Gasteiger partial charge in [-0.15, -0.1) is 0 Å². The van der Waals surface area contributed by atoms with Crippen LogP contribution in [0.15, 0.2) is 53.8 Å². The minimum atomic E-state index is -1.66. The highest BCUT2D eigenvalue weighted by Gasteiger charge is 2.44. The second kappa shape index (κ2) is 6.68. The quantitative estimate of drug-likeness (QED) is 0.661. The van der Waals surface area contributed by atoms with Crippen molar-refractivity contribution in [3.8, 4) is 0 Å². The van der Waals surface area contributed by atoms with Gasteiger partial charge in [0.15, 0.2) is 0 Å². The first-order valence-electron chi connectivity index (χ1n) is 9.27. The number of allylic oxidation sites excluding steroid dienone is 1. The van der Waals surface area contributed by atoms with Crippen molar-refractivity contribution in [2.45, 2.75) is 37.7 Å². The second-order valence-electron chi connectivity index (χ2n) is 7.29. The van der Waals surface area contributed by atoms with Gasteiger partial charge >= 0.3 is 5.97 Å². The van der Waals surface area contributed by atoms with E-state index in [1.165, 1.54) is 5.57 Å². The standard InChI is InChI=1S/C21H25NO3/c23-20(25-15-17-14-22-12-10-16(17)11-13-22)21(24,19-8-4-5-9-19)18-6-2-1-3-7-18/h1-3,6-8,14,16,24H,4-5,9-13,15H2. The van der Waals surface area contributed by atoms with Gasteiger partial charge in [0.05, 0.1) is 0 Å². The minimum absolute atomic E-state index is 0.280. The molecule has 132 valence electrons. The Morgan fingerprint density at radius 2 is 2.00 bits per heavy atom. The van der Waals surface area contributed by atoms with Crippen molar-refractivity contribution in [3.05, 3.63) is 59.3 Å². The van der Waals surface area contributed by atoms with Crippen LogP contribution in [-0.4, -0.2) is 35.7 Å². The van der Waals surface area contributed by atoms with Gasteiger partial charge in [0.1, 0.15) is 6.61 Å². The molecule has 25 heavy (non-hydrogen) atoms. The fraction of sp³-hybridized carbons (Fsp3) is 0.476. The topological polar surface area (TPSA) is 49.8 Å². The Morgan fingerprint density at radius 3 is 2.60 bits per heavy atom. The smallest absolute Gasteiger partial charge is 0.347 e. The van der Waals surface area contributed by atoms with Crippen LogP contribution in [0.25, 0.3) is 0 Å². The molecule has 1 aromatic rings. The first kappa shape index (κ1) is 16.4. The normalized spacial score (nSPS) is 22.4. The number of piperidine rings is 1. The van der Waals surface area contributed by atoms with Crippen molar-refractivity contribution in [2.75, 3.05) is 19.7 Å². The molecule has 0 radical (unpaired) electrons. The highest BCUT2D eigenvalue weighted by molar-refractivity contribution is 5.85. The van der Waals surface area contributed by atoms with Gasteiger partial charge in [0, 0.05) is 19.3 Å². The molecule has 0 spiro atoms. The maximum Gasteiger partial charge on any atom is 0.347 e. The van der Waals surface area contributed by atoms with Gasteiger partial charge in [-0.3, -0.25) is 0 Å². The second-order valence-corrected chi connectivity index (χ2v) is 7.29. The molecule has 1 N–H and O–H groups in total. The summed E-state index contributed by atoms with van der Waals surface area (Å²) >= 11 is 0. The van der Waals surface area contributed by atoms with E-state index in [9.17, 15) is 9.90 Å². The van der Waals surface area contributed by atoms with E-state index in [2.05, 4.69) is 11.1 Å². The SMILES string of the molecule is O=C(OCC1=CN2CCC1CC2)C(O)(C1=CCCC1)c1ccccc1. The molecule has 0 saturated carbocycles. The van der Waals surface area contributed by atoms with Crippen molar-refractivity contribution in [1.82, 2.24) is 4.90 Å². The highest BCUT2D eigenvalue weighted by atomic mass is 16.5. The first-order valence-corrected chi connectivity index (χ1v) is 9.27. The summed E-state index contributed by atoms with van der Waals surface area (Å²) in [4.78, 5) is 15.2. The number of rotatable bonds is 5. The number of carbonyl (C=O) groups excluding carboxylic acids is 1. The summed E-state index contributed by atoms with van der Waals surface area (Å²) in [5.74, 6) is -0.0301. The maximum absolute atomic E-state index is 12.9. The summed E-state index contributed by atoms with van der Waals surface area (Å²) in [5.41, 5.74) is 0.885. The van der Waals surface area contributed by atoms with E-state index < -0.39 is 11.6 Å². The number of ether oxygens (including phenoxy) is 1. The zero-order valence-corrected chi connectivity index (χ0v) is 14.5. The molecular formula is C21H25NO3. The predicted octanol–water partition coefficient (Wildman–Crippen LogP) is 3.14. The molecule has 1 aliphatic carbocycles. The Kier molecular flexibility index (Phi) is 4.38. The molecule has 1 atom stereocenters. The lowest BCUT2D eigenvalue weighted by Crippen LogP contribution is -2.41. The van der Waals surface area contributed by atoms with Gasteiger partial charge in [0.25, 0.3) is 0 Å². The Bertz CT molecular complexity index is 701. The summed E-state index contributed by atoms with van der Waals surface area (Å²) in [5, 5.41) is 11.3. The van der Waals surface area contributed by atoms with Crippen molar-refractivity contribution in [3.63, 3.8) is 0 Å². The third-order valence-electron chi connectivity index (χ3n) is 5.76. The molecular weight excluding hydrogens is 314 g/mol. The summed E-state index contributed by atoms with van der Waals surface area (Å²) in [6, 6.07) is 9.18. The molecule has 3 heterocycles. The van der Waals surface area contributed by atoms with E-state index in [0.717, 1.165) is 50.8 Å². The van der Waals surface area contributed by atoms with Crippen molar-refractivity contribution >= 4 is 5.97 Å². The molecule has 4 nitrogen and oxygen atoms in total. The van der Waals surface area contributed by atoms with Crippen LogP contribution in [-0.2, 0) is 15.1 Å². The number of nitrogens with zero attached hydrogens (tertiary/aromatic N) is 1. The van der Waals surface area contributed by atoms with Crippen molar-refractivity contribution in [1.29, 1.82) is 0 Å². The lowest BCUT2D eigenvalue weighted by molar-refractivity contribution is -0.162. The Labute approximate surface area is 148 Å². The summed E-state index contributed by atoms with van der Waals surface area (Å²) < 4.78 is 5.64. The van der Waals surface area contributed by atoms with E-state index in [-0.39, 0.29) is 6.61 Å². The largest absolute Gasteiger partial charge is 0.458 e. The van der Waals surface area contributed by atoms with Gasteiger partial charge in [-0.1, -0.05) is 36.4 Å². The molecule has 0 amide bonds. The average Bonchev–Trinajstić information content (AvgIpc) is 3.22. The molecule has 4 heteroatoms. The van der Waals surface area contributed by atoms with Crippen LogP contribution in [0.3, 0.4) is 0 Å². The highest BCUT2D eigenvalue weighted by Crippen LogP contribution is 2.38. The van der Waals surface area contributed by atoms with Crippen LogP contribution in [0.4, 0.5) is 0 Å². The molecule has 1 aromatic carbocycles. The minimum Gasteiger partial charge on any atom is -0.458 e. The van der Waals surface area contributed by atoms with Gasteiger partial charge in [-0.05, 0) is 54.7 Å². The molecule has 2 bridgehead atoms. The summed E-state index contributed by atoms with van der Waals surface area (Å²) in [7, 11) is 0. The zero-order chi connectivity index (χ0) is 17.3. The average molecular weight is 339 g/mol. The number of fused-ring (bicyclic) bond motifs is 2. The lowest BCUT2D eigenvalue weighted by Gasteiger charge is -2.39. The van der Waals surface area contributed by atoms with Crippen molar-refractivity contribution in [2.24, 2.45) is 5.92 Å². The van der Waals surface area contributed by atoms with Crippen LogP contribution in [0.2, 0.25) is 0 Å². The van der Waals surface area contributed by atoms with Gasteiger partial charge in [-0.25, -0.2) is 4.79 Å². The molecule has 0 aromatic heterocycles. The summed E-state index contributed by atoms with van der Waals surface area (Å²) in [6.07, 6.45) is 9.01. The van der Waals surface area contributed by atoms with Crippen molar-refractivity contribution < 1.29 is 14.6 Å². The fourth-order valence-electron chi connectivity index (χ4n) is 4.26. The lowest BCUT2D eigenvalue weighted by atomic mass is 9.85. The molecule has 1 saturated heterocycles. The third kappa shape index (κ3) is 2.99. The van der Waals surface area contributed by atoms with Crippen LogP contribution in [0.1, 0.15) is 37.7 Å². The predicted molar refractivity (Wildman–Crippen MR) is 95.6 cm³/mol. The number of hydrogen-bond acceptors (Lipinski definition) is 4. The molecule has 5 rings (SSSR count). The zero-order valence-electron chi connectivity index (χ0n) is 14.5. The van der Waals surface area contributed by atoms with Crippen LogP contribution < -0.4 is 0 Å². The first-order chi connectivity index (χ1) is 12.2. The maximum atomic E-state index is 12.9. The van der Waals surface area contributed by atoms with E-state index >= 15 is 0 Å². The number of hydrogen-bond donors (Lipinski definition) is 1. The molecule has 1 unspecified atom stereocenters. The monoisotopic (exact) mass is 339 g/mol. The number of benzene rings is 1. The van der Waals surface area contributed by atoms with E-state index in [1.807, 2.05) is 24.3 Å². The number of esters is 1. The number of aliphatic hydroxyl groups is 1. The van der Waals surface area contributed by atoms with E-state index in [0.29, 0.717) is 11.5 Å². The molecule has 3 aliphatic heterocycles. The van der Waals surface area contributed by atoms with E-state index in [1.54, 1.807) is 12.1 Å². The third-order valence-corrected chi connectivity index (χ3v) is 5.76. The Morgan fingerprint density at radius 1 is 1.24 bits per heavy atom. The fourth-order valence-corrected chi connectivity index (χ4v) is 4.26. The van der Waals surface area contributed by atoms with Crippen LogP contribution in [0.5, 0.6) is 0 Å². The van der Waals surface area contributed by atoms with Crippen LogP contribution in [0, 0.1) is 5.92 Å². The van der Waals surface area contributed by atoms with E-state index in [4.69, 9.17) is 4.74 Å². The Hall–Kier alpha value is -2.07. The van der Waals surface area contributed by atoms with Gasteiger partial charge in [0.2, 0.25) is 5.60 Å². The Balaban J connectivity index is 1.54. The molecule has 4 aliphatic rings. The summed E-state index contributed by atoms with van der Waals surface area (Å²) in [6.45, 7) is 2.48. The van der Waals surface area contributed by atoms with Gasteiger partial charge < -0.3 is 14.7 Å². The number of carbonyl (C=O) groups is 1. The molecule has 1 fully saturated rings. The van der Waals surface area contributed by atoms with Crippen LogP contribution >= 0.6 is 0 Å². The van der Waals surface area contributed by atoms with Gasteiger partial charge in [-0.2, -0.15) is 0 Å².